The Morgan fingerprint density at radius 3 is 2.36 bits per heavy atom. The summed E-state index contributed by atoms with van der Waals surface area (Å²) >= 11 is 0. The van der Waals surface area contributed by atoms with Crippen molar-refractivity contribution >= 4 is 11.9 Å². The van der Waals surface area contributed by atoms with Crippen molar-refractivity contribution in [3.63, 3.8) is 0 Å². The second-order valence-corrected chi connectivity index (χ2v) is 5.61. The van der Waals surface area contributed by atoms with E-state index in [2.05, 4.69) is 6.92 Å². The van der Waals surface area contributed by atoms with Crippen LogP contribution in [0.2, 0.25) is 0 Å². The van der Waals surface area contributed by atoms with E-state index in [1.807, 2.05) is 31.2 Å². The van der Waals surface area contributed by atoms with Crippen LogP contribution in [0.5, 0.6) is 17.2 Å². The third-order valence-corrected chi connectivity index (χ3v) is 3.86. The minimum absolute atomic E-state index is 0.0665. The van der Waals surface area contributed by atoms with Crippen molar-refractivity contribution in [2.24, 2.45) is 0 Å². The standard InChI is InChI=1S/C21H24O4/c1-5-12-25-18-9-6-16(7-10-18)20(22)11-8-17-13-19(23-3)14-21(24-4)15(17)2/h6-11,13-14H,5,12H2,1-4H3. The topological polar surface area (TPSA) is 44.8 Å². The van der Waals surface area contributed by atoms with Gasteiger partial charge in [-0.1, -0.05) is 13.0 Å². The molecule has 0 aliphatic carbocycles. The number of benzene rings is 2. The van der Waals surface area contributed by atoms with E-state index in [0.717, 1.165) is 29.0 Å². The molecule has 2 aromatic rings. The number of ether oxygens (including phenoxy) is 3. The van der Waals surface area contributed by atoms with Crippen LogP contribution in [0.15, 0.2) is 42.5 Å². The molecule has 0 spiro atoms. The van der Waals surface area contributed by atoms with Gasteiger partial charge in [0.1, 0.15) is 17.2 Å². The van der Waals surface area contributed by atoms with E-state index < -0.39 is 0 Å². The Kier molecular flexibility index (Phi) is 6.63. The van der Waals surface area contributed by atoms with Crippen LogP contribution in [0.3, 0.4) is 0 Å². The average molecular weight is 340 g/mol. The molecule has 2 aromatic carbocycles. The highest BCUT2D eigenvalue weighted by molar-refractivity contribution is 6.07. The number of carbonyl (C=O) groups is 1. The minimum atomic E-state index is -0.0665. The van der Waals surface area contributed by atoms with E-state index in [9.17, 15) is 4.79 Å². The molecule has 0 amide bonds. The zero-order valence-corrected chi connectivity index (χ0v) is 15.2. The van der Waals surface area contributed by atoms with E-state index in [-0.39, 0.29) is 5.78 Å². The average Bonchev–Trinajstić information content (AvgIpc) is 2.65. The van der Waals surface area contributed by atoms with Crippen molar-refractivity contribution in [1.29, 1.82) is 0 Å². The number of hydrogen-bond donors (Lipinski definition) is 0. The van der Waals surface area contributed by atoms with Gasteiger partial charge in [0.25, 0.3) is 0 Å². The molecule has 0 bridgehead atoms. The highest BCUT2D eigenvalue weighted by Gasteiger charge is 2.08. The maximum atomic E-state index is 12.4. The van der Waals surface area contributed by atoms with Gasteiger partial charge in [-0.3, -0.25) is 4.79 Å². The summed E-state index contributed by atoms with van der Waals surface area (Å²) in [6.45, 7) is 4.67. The molecule has 0 aromatic heterocycles. The lowest BCUT2D eigenvalue weighted by Crippen LogP contribution is -1.97. The summed E-state index contributed by atoms with van der Waals surface area (Å²) in [5.41, 5.74) is 2.45. The minimum Gasteiger partial charge on any atom is -0.497 e. The summed E-state index contributed by atoms with van der Waals surface area (Å²) < 4.78 is 16.2. The molecule has 2 rings (SSSR count). The second-order valence-electron chi connectivity index (χ2n) is 5.61. The Morgan fingerprint density at radius 2 is 1.76 bits per heavy atom. The van der Waals surface area contributed by atoms with Gasteiger partial charge in [-0.25, -0.2) is 0 Å². The summed E-state index contributed by atoms with van der Waals surface area (Å²) in [5.74, 6) is 2.12. The highest BCUT2D eigenvalue weighted by atomic mass is 16.5. The molecule has 132 valence electrons. The van der Waals surface area contributed by atoms with Gasteiger partial charge in [0.15, 0.2) is 5.78 Å². The van der Waals surface area contributed by atoms with Crippen molar-refractivity contribution in [1.82, 2.24) is 0 Å². The molecule has 25 heavy (non-hydrogen) atoms. The van der Waals surface area contributed by atoms with Crippen LogP contribution in [0.1, 0.15) is 34.8 Å². The summed E-state index contributed by atoms with van der Waals surface area (Å²) in [7, 11) is 3.22. The first kappa shape index (κ1) is 18.6. The summed E-state index contributed by atoms with van der Waals surface area (Å²) in [6, 6.07) is 10.9. The molecule has 4 nitrogen and oxygen atoms in total. The first-order valence-corrected chi connectivity index (χ1v) is 8.27. The maximum absolute atomic E-state index is 12.4. The van der Waals surface area contributed by atoms with Crippen molar-refractivity contribution in [2.45, 2.75) is 20.3 Å². The van der Waals surface area contributed by atoms with Crippen LogP contribution in [0.4, 0.5) is 0 Å². The van der Waals surface area contributed by atoms with E-state index in [0.29, 0.717) is 17.9 Å². The second kappa shape index (κ2) is 8.92. The number of rotatable bonds is 8. The first-order chi connectivity index (χ1) is 12.1. The highest BCUT2D eigenvalue weighted by Crippen LogP contribution is 2.29. The predicted molar refractivity (Wildman–Crippen MR) is 99.9 cm³/mol. The van der Waals surface area contributed by atoms with Crippen molar-refractivity contribution in [2.75, 3.05) is 20.8 Å². The van der Waals surface area contributed by atoms with E-state index in [1.54, 1.807) is 38.5 Å². The van der Waals surface area contributed by atoms with Crippen molar-refractivity contribution in [3.05, 3.63) is 59.2 Å². The maximum Gasteiger partial charge on any atom is 0.185 e. The van der Waals surface area contributed by atoms with Gasteiger partial charge in [0, 0.05) is 11.6 Å². The zero-order chi connectivity index (χ0) is 18.2. The molecule has 0 fully saturated rings. The largest absolute Gasteiger partial charge is 0.497 e. The SMILES string of the molecule is CCCOc1ccc(C(=O)C=Cc2cc(OC)cc(OC)c2C)cc1. The molecule has 0 unspecified atom stereocenters. The summed E-state index contributed by atoms with van der Waals surface area (Å²) in [6.07, 6.45) is 4.29. The van der Waals surface area contributed by atoms with Gasteiger partial charge >= 0.3 is 0 Å². The number of carbonyl (C=O) groups excluding carboxylic acids is 1. The molecule has 0 heterocycles. The van der Waals surface area contributed by atoms with Gasteiger partial charge in [-0.05, 0) is 60.9 Å². The van der Waals surface area contributed by atoms with Crippen molar-refractivity contribution < 1.29 is 19.0 Å². The van der Waals surface area contributed by atoms with Crippen LogP contribution in [-0.2, 0) is 0 Å². The van der Waals surface area contributed by atoms with Gasteiger partial charge in [-0.15, -0.1) is 0 Å². The Bertz CT molecular complexity index is 745. The molecular formula is C21H24O4. The quantitative estimate of drug-likeness (QED) is 0.516. The number of hydrogen-bond acceptors (Lipinski definition) is 4. The lowest BCUT2D eigenvalue weighted by atomic mass is 10.0. The van der Waals surface area contributed by atoms with Gasteiger partial charge < -0.3 is 14.2 Å². The Hall–Kier alpha value is -2.75. The monoisotopic (exact) mass is 340 g/mol. The molecule has 4 heteroatoms. The number of allylic oxidation sites excluding steroid dienone is 1. The fraction of sp³-hybridized carbons (Fsp3) is 0.286. The predicted octanol–water partition coefficient (Wildman–Crippen LogP) is 4.70. The fourth-order valence-electron chi connectivity index (χ4n) is 2.38. The van der Waals surface area contributed by atoms with E-state index in [4.69, 9.17) is 14.2 Å². The smallest absolute Gasteiger partial charge is 0.185 e. The fourth-order valence-corrected chi connectivity index (χ4v) is 2.38. The lowest BCUT2D eigenvalue weighted by Gasteiger charge is -2.10. The third-order valence-electron chi connectivity index (χ3n) is 3.86. The van der Waals surface area contributed by atoms with E-state index >= 15 is 0 Å². The first-order valence-electron chi connectivity index (χ1n) is 8.27. The van der Waals surface area contributed by atoms with Crippen LogP contribution in [0.25, 0.3) is 6.08 Å². The lowest BCUT2D eigenvalue weighted by molar-refractivity contribution is 0.104. The van der Waals surface area contributed by atoms with Gasteiger partial charge in [0.2, 0.25) is 0 Å². The molecular weight excluding hydrogens is 316 g/mol. The molecule has 0 saturated heterocycles. The summed E-state index contributed by atoms with van der Waals surface area (Å²) in [4.78, 5) is 12.4. The van der Waals surface area contributed by atoms with E-state index in [1.165, 1.54) is 0 Å². The van der Waals surface area contributed by atoms with Gasteiger partial charge in [-0.2, -0.15) is 0 Å². The van der Waals surface area contributed by atoms with Crippen LogP contribution >= 0.6 is 0 Å². The van der Waals surface area contributed by atoms with Crippen LogP contribution < -0.4 is 14.2 Å². The number of methoxy groups -OCH3 is 2. The molecule has 0 radical (unpaired) electrons. The molecule has 0 N–H and O–H groups in total. The van der Waals surface area contributed by atoms with Crippen LogP contribution in [0, 0.1) is 6.92 Å². The van der Waals surface area contributed by atoms with Gasteiger partial charge in [0.05, 0.1) is 20.8 Å². The molecule has 0 aliphatic rings. The molecule has 0 atom stereocenters. The third kappa shape index (κ3) is 4.86. The summed E-state index contributed by atoms with van der Waals surface area (Å²) in [5, 5.41) is 0. The van der Waals surface area contributed by atoms with Crippen molar-refractivity contribution in [3.8, 4) is 17.2 Å². The molecule has 0 aliphatic heterocycles. The Morgan fingerprint density at radius 1 is 1.04 bits per heavy atom. The molecule has 0 saturated carbocycles. The zero-order valence-electron chi connectivity index (χ0n) is 15.2. The Balaban J connectivity index is 2.17. The van der Waals surface area contributed by atoms with Crippen LogP contribution in [-0.4, -0.2) is 26.6 Å². The Labute approximate surface area is 149 Å². The normalized spacial score (nSPS) is 10.7. The number of ketones is 1.